The van der Waals surface area contributed by atoms with E-state index in [9.17, 15) is 9.00 Å². The van der Waals surface area contributed by atoms with Gasteiger partial charge in [-0.3, -0.25) is 9.11 Å². The predicted octanol–water partition coefficient (Wildman–Crippen LogP) is 1.04. The lowest BCUT2D eigenvalue weighted by Gasteiger charge is -2.36. The number of carbonyl (C=O) groups excluding carboxylic acids is 1. The van der Waals surface area contributed by atoms with Gasteiger partial charge in [-0.05, 0) is 33.6 Å². The van der Waals surface area contributed by atoms with Crippen molar-refractivity contribution in [1.82, 2.24) is 15.1 Å². The summed E-state index contributed by atoms with van der Waals surface area (Å²) in [4.78, 5) is 16.2. The van der Waals surface area contributed by atoms with E-state index in [4.69, 9.17) is 4.74 Å². The zero-order chi connectivity index (χ0) is 16.9. The minimum atomic E-state index is -0.587. The quantitative estimate of drug-likeness (QED) is 0.825. The smallest absolute Gasteiger partial charge is 0.410 e. The van der Waals surface area contributed by atoms with Crippen LogP contribution in [0.25, 0.3) is 0 Å². The van der Waals surface area contributed by atoms with Crippen molar-refractivity contribution in [2.45, 2.75) is 45.3 Å². The molecule has 1 N–H and O–H groups in total. The first-order valence-corrected chi connectivity index (χ1v) is 10.1. The van der Waals surface area contributed by atoms with Gasteiger partial charge in [-0.15, -0.1) is 0 Å². The van der Waals surface area contributed by atoms with Crippen molar-refractivity contribution in [2.75, 3.05) is 50.8 Å². The molecule has 0 aromatic heterocycles. The Balaban J connectivity index is 1.59. The molecule has 0 atom stereocenters. The van der Waals surface area contributed by atoms with Crippen LogP contribution in [0, 0.1) is 0 Å². The molecule has 0 aromatic carbocycles. The summed E-state index contributed by atoms with van der Waals surface area (Å²) >= 11 is 0. The number of rotatable bonds is 4. The van der Waals surface area contributed by atoms with Gasteiger partial charge in [0, 0.05) is 67.6 Å². The standard InChI is InChI=1S/C16H31N3O3S/c1-16(2,3)22-15(20)19-10-8-18(9-11-19)7-6-17-14-4-12-23(21)13-5-14/h14,17H,4-13H2,1-3H3. The number of hydrogen-bond acceptors (Lipinski definition) is 5. The van der Waals surface area contributed by atoms with Crippen LogP contribution in [0.5, 0.6) is 0 Å². The summed E-state index contributed by atoms with van der Waals surface area (Å²) in [6, 6.07) is 0.524. The average Bonchev–Trinajstić information content (AvgIpc) is 2.48. The molecule has 2 aliphatic heterocycles. The van der Waals surface area contributed by atoms with Crippen molar-refractivity contribution >= 4 is 16.9 Å². The molecule has 2 saturated heterocycles. The van der Waals surface area contributed by atoms with Gasteiger partial charge in [-0.2, -0.15) is 0 Å². The third-order valence-electron chi connectivity index (χ3n) is 4.27. The van der Waals surface area contributed by atoms with Gasteiger partial charge in [0.2, 0.25) is 0 Å². The first-order valence-electron chi connectivity index (χ1n) is 8.62. The van der Waals surface area contributed by atoms with Gasteiger partial charge in [0.05, 0.1) is 0 Å². The highest BCUT2D eigenvalue weighted by atomic mass is 32.2. The second-order valence-electron chi connectivity index (χ2n) is 7.39. The molecule has 0 spiro atoms. The number of carbonyl (C=O) groups is 1. The molecule has 2 rings (SSSR count). The average molecular weight is 346 g/mol. The Morgan fingerprint density at radius 1 is 1.17 bits per heavy atom. The third-order valence-corrected chi connectivity index (χ3v) is 5.66. The van der Waals surface area contributed by atoms with Gasteiger partial charge >= 0.3 is 6.09 Å². The van der Waals surface area contributed by atoms with E-state index >= 15 is 0 Å². The Kier molecular flexibility index (Phi) is 6.85. The highest BCUT2D eigenvalue weighted by Gasteiger charge is 2.25. The Morgan fingerprint density at radius 2 is 1.78 bits per heavy atom. The monoisotopic (exact) mass is 345 g/mol. The highest BCUT2D eigenvalue weighted by molar-refractivity contribution is 7.85. The molecule has 2 aliphatic rings. The van der Waals surface area contributed by atoms with Crippen molar-refractivity contribution in [2.24, 2.45) is 0 Å². The SMILES string of the molecule is CC(C)(C)OC(=O)N1CCN(CCNC2CCS(=O)CC2)CC1. The molecule has 0 unspecified atom stereocenters. The molecule has 0 aromatic rings. The Morgan fingerprint density at radius 3 is 2.35 bits per heavy atom. The van der Waals surface area contributed by atoms with Crippen molar-refractivity contribution in [3.8, 4) is 0 Å². The highest BCUT2D eigenvalue weighted by Crippen LogP contribution is 2.12. The van der Waals surface area contributed by atoms with Gasteiger partial charge in [0.1, 0.15) is 5.60 Å². The number of hydrogen-bond donors (Lipinski definition) is 1. The summed E-state index contributed by atoms with van der Waals surface area (Å²) in [7, 11) is -0.587. The van der Waals surface area contributed by atoms with Gasteiger partial charge in [-0.1, -0.05) is 0 Å². The summed E-state index contributed by atoms with van der Waals surface area (Å²) in [5, 5.41) is 3.57. The Hall–Kier alpha value is -0.660. The maximum absolute atomic E-state index is 12.0. The van der Waals surface area contributed by atoms with Crippen molar-refractivity contribution in [1.29, 1.82) is 0 Å². The molecule has 1 amide bonds. The zero-order valence-electron chi connectivity index (χ0n) is 14.7. The van der Waals surface area contributed by atoms with Crippen molar-refractivity contribution in [3.63, 3.8) is 0 Å². The molecule has 0 bridgehead atoms. The van der Waals surface area contributed by atoms with E-state index in [1.54, 1.807) is 4.90 Å². The summed E-state index contributed by atoms with van der Waals surface area (Å²) in [6.07, 6.45) is 1.85. The Labute approximate surface area is 142 Å². The lowest BCUT2D eigenvalue weighted by molar-refractivity contribution is 0.0146. The second-order valence-corrected chi connectivity index (χ2v) is 9.08. The van der Waals surface area contributed by atoms with E-state index in [-0.39, 0.29) is 6.09 Å². The van der Waals surface area contributed by atoms with Crippen LogP contribution < -0.4 is 5.32 Å². The van der Waals surface area contributed by atoms with Crippen LogP contribution in [-0.2, 0) is 15.5 Å². The van der Waals surface area contributed by atoms with Crippen LogP contribution >= 0.6 is 0 Å². The number of piperazine rings is 1. The molecular weight excluding hydrogens is 314 g/mol. The van der Waals surface area contributed by atoms with Gasteiger partial charge in [-0.25, -0.2) is 4.79 Å². The van der Waals surface area contributed by atoms with Crippen LogP contribution in [0.4, 0.5) is 4.79 Å². The normalized spacial score (nSPS) is 27.0. The second kappa shape index (κ2) is 8.44. The van der Waals surface area contributed by atoms with E-state index in [0.29, 0.717) is 6.04 Å². The molecular formula is C16H31N3O3S. The summed E-state index contributed by atoms with van der Waals surface area (Å²) < 4.78 is 16.7. The minimum Gasteiger partial charge on any atom is -0.444 e. The van der Waals surface area contributed by atoms with Crippen molar-refractivity contribution in [3.05, 3.63) is 0 Å². The molecule has 0 aliphatic carbocycles. The topological polar surface area (TPSA) is 61.9 Å². The number of nitrogens with zero attached hydrogens (tertiary/aromatic N) is 2. The maximum Gasteiger partial charge on any atom is 0.410 e. The van der Waals surface area contributed by atoms with E-state index in [0.717, 1.165) is 63.6 Å². The van der Waals surface area contributed by atoms with Gasteiger partial charge < -0.3 is 15.0 Å². The first kappa shape index (κ1) is 18.7. The summed E-state index contributed by atoms with van der Waals surface area (Å²) in [5.74, 6) is 1.68. The van der Waals surface area contributed by atoms with E-state index in [1.807, 2.05) is 20.8 Å². The number of nitrogens with one attached hydrogen (secondary N) is 1. The minimum absolute atomic E-state index is 0.203. The summed E-state index contributed by atoms with van der Waals surface area (Å²) in [6.45, 7) is 10.9. The fourth-order valence-corrected chi connectivity index (χ4v) is 4.20. The molecule has 0 radical (unpaired) electrons. The predicted molar refractivity (Wildman–Crippen MR) is 93.1 cm³/mol. The van der Waals surface area contributed by atoms with E-state index in [1.165, 1.54) is 0 Å². The van der Waals surface area contributed by atoms with E-state index < -0.39 is 16.4 Å². The fourth-order valence-electron chi connectivity index (χ4n) is 2.91. The van der Waals surface area contributed by atoms with Crippen LogP contribution in [0.15, 0.2) is 0 Å². The van der Waals surface area contributed by atoms with Crippen LogP contribution in [0.1, 0.15) is 33.6 Å². The van der Waals surface area contributed by atoms with Crippen LogP contribution in [0.2, 0.25) is 0 Å². The molecule has 6 nitrogen and oxygen atoms in total. The number of amides is 1. The molecule has 2 fully saturated rings. The molecule has 134 valence electrons. The Bertz CT molecular complexity index is 407. The largest absolute Gasteiger partial charge is 0.444 e. The van der Waals surface area contributed by atoms with Crippen molar-refractivity contribution < 1.29 is 13.7 Å². The molecule has 7 heteroatoms. The number of ether oxygens (including phenoxy) is 1. The molecule has 2 heterocycles. The van der Waals surface area contributed by atoms with Crippen LogP contribution in [-0.4, -0.2) is 82.5 Å². The lowest BCUT2D eigenvalue weighted by Crippen LogP contribution is -2.51. The third kappa shape index (κ3) is 6.77. The maximum atomic E-state index is 12.0. The van der Waals surface area contributed by atoms with E-state index in [2.05, 4.69) is 10.2 Å². The molecule has 23 heavy (non-hydrogen) atoms. The fraction of sp³-hybridized carbons (Fsp3) is 0.938. The lowest BCUT2D eigenvalue weighted by atomic mass is 10.1. The summed E-state index contributed by atoms with van der Waals surface area (Å²) in [5.41, 5.74) is -0.429. The van der Waals surface area contributed by atoms with Gasteiger partial charge in [0.25, 0.3) is 0 Å². The van der Waals surface area contributed by atoms with Crippen LogP contribution in [0.3, 0.4) is 0 Å². The first-order chi connectivity index (χ1) is 10.8. The van der Waals surface area contributed by atoms with Gasteiger partial charge in [0.15, 0.2) is 0 Å². The zero-order valence-corrected chi connectivity index (χ0v) is 15.5. The molecule has 0 saturated carbocycles.